The molecule has 0 radical (unpaired) electrons. The summed E-state index contributed by atoms with van der Waals surface area (Å²) in [5.41, 5.74) is 2.20. The molecule has 15 heavy (non-hydrogen) atoms. The Balaban J connectivity index is 0.00000112. The second-order valence-corrected chi connectivity index (χ2v) is 3.51. The Morgan fingerprint density at radius 1 is 1.33 bits per heavy atom. The van der Waals surface area contributed by atoms with Gasteiger partial charge in [0.05, 0.1) is 6.54 Å². The van der Waals surface area contributed by atoms with Gasteiger partial charge in [-0.3, -0.25) is 4.79 Å². The van der Waals surface area contributed by atoms with Gasteiger partial charge in [0.2, 0.25) is 5.91 Å². The number of para-hydroxylation sites is 1. The summed E-state index contributed by atoms with van der Waals surface area (Å²) in [6.07, 6.45) is 0. The van der Waals surface area contributed by atoms with Gasteiger partial charge < -0.3 is 10.2 Å². The van der Waals surface area contributed by atoms with Gasteiger partial charge in [-0.2, -0.15) is 0 Å². The Morgan fingerprint density at radius 3 is 2.73 bits per heavy atom. The van der Waals surface area contributed by atoms with E-state index in [1.54, 1.807) is 0 Å². The number of nitrogens with zero attached hydrogens (tertiary/aromatic N) is 1. The van der Waals surface area contributed by atoms with E-state index in [0.29, 0.717) is 6.54 Å². The smallest absolute Gasteiger partial charge is 0.240 e. The van der Waals surface area contributed by atoms with Crippen LogP contribution in [0.2, 0.25) is 0 Å². The summed E-state index contributed by atoms with van der Waals surface area (Å²) in [6.45, 7) is 4.13. The van der Waals surface area contributed by atoms with E-state index in [-0.39, 0.29) is 18.3 Å². The summed E-state index contributed by atoms with van der Waals surface area (Å²) >= 11 is 0. The van der Waals surface area contributed by atoms with E-state index in [1.807, 2.05) is 36.1 Å². The Kier molecular flexibility index (Phi) is 4.12. The number of hydrogen-bond donors (Lipinski definition) is 1. The molecule has 1 amide bonds. The minimum atomic E-state index is 0. The molecule has 0 spiro atoms. The van der Waals surface area contributed by atoms with E-state index in [9.17, 15) is 4.79 Å². The zero-order chi connectivity index (χ0) is 9.97. The molecule has 0 bridgehead atoms. The van der Waals surface area contributed by atoms with Crippen molar-refractivity contribution in [2.24, 2.45) is 0 Å². The number of aryl methyl sites for hydroxylation is 1. The minimum absolute atomic E-state index is 0. The summed E-state index contributed by atoms with van der Waals surface area (Å²) in [5.74, 6) is 0.158. The van der Waals surface area contributed by atoms with Crippen LogP contribution in [0.4, 0.5) is 5.69 Å². The van der Waals surface area contributed by atoms with Crippen molar-refractivity contribution in [3.05, 3.63) is 29.8 Å². The zero-order valence-electron chi connectivity index (χ0n) is 8.69. The van der Waals surface area contributed by atoms with E-state index < -0.39 is 0 Å². The van der Waals surface area contributed by atoms with Crippen molar-refractivity contribution < 1.29 is 4.79 Å². The van der Waals surface area contributed by atoms with Crippen molar-refractivity contribution in [2.75, 3.05) is 24.5 Å². The fourth-order valence-corrected chi connectivity index (χ4v) is 1.73. The van der Waals surface area contributed by atoms with Gasteiger partial charge in [0, 0.05) is 18.8 Å². The lowest BCUT2D eigenvalue weighted by atomic mass is 10.1. The molecule has 0 aromatic heterocycles. The fourth-order valence-electron chi connectivity index (χ4n) is 1.73. The molecule has 1 aliphatic rings. The third kappa shape index (κ3) is 2.49. The SMILES string of the molecule is Cc1ccccc1N1CCNCC1=O.Cl. The lowest BCUT2D eigenvalue weighted by Gasteiger charge is -2.28. The maximum Gasteiger partial charge on any atom is 0.240 e. The molecule has 82 valence electrons. The van der Waals surface area contributed by atoms with Gasteiger partial charge in [-0.15, -0.1) is 12.4 Å². The first-order valence-corrected chi connectivity index (χ1v) is 4.86. The summed E-state index contributed by atoms with van der Waals surface area (Å²) in [5, 5.41) is 3.06. The average Bonchev–Trinajstić information content (AvgIpc) is 2.20. The van der Waals surface area contributed by atoms with Crippen molar-refractivity contribution in [3.8, 4) is 0 Å². The molecule has 1 aliphatic heterocycles. The highest BCUT2D eigenvalue weighted by atomic mass is 35.5. The van der Waals surface area contributed by atoms with Gasteiger partial charge in [0.15, 0.2) is 0 Å². The van der Waals surface area contributed by atoms with Gasteiger partial charge in [0.25, 0.3) is 0 Å². The van der Waals surface area contributed by atoms with Gasteiger partial charge in [-0.25, -0.2) is 0 Å². The van der Waals surface area contributed by atoms with Crippen molar-refractivity contribution in [1.29, 1.82) is 0 Å². The third-order valence-electron chi connectivity index (χ3n) is 2.50. The number of carbonyl (C=O) groups excluding carboxylic acids is 1. The number of hydrogen-bond acceptors (Lipinski definition) is 2. The molecule has 0 atom stereocenters. The molecule has 0 unspecified atom stereocenters. The second-order valence-electron chi connectivity index (χ2n) is 3.51. The summed E-state index contributed by atoms with van der Waals surface area (Å²) in [4.78, 5) is 13.5. The number of nitrogens with one attached hydrogen (secondary N) is 1. The number of rotatable bonds is 1. The topological polar surface area (TPSA) is 32.3 Å². The van der Waals surface area contributed by atoms with Crippen molar-refractivity contribution >= 4 is 24.0 Å². The Morgan fingerprint density at radius 2 is 2.07 bits per heavy atom. The molecule has 0 saturated carbocycles. The molecular weight excluding hydrogens is 212 g/mol. The first-order chi connectivity index (χ1) is 6.79. The number of anilines is 1. The van der Waals surface area contributed by atoms with Crippen molar-refractivity contribution in [3.63, 3.8) is 0 Å². The Bertz CT molecular complexity index is 354. The molecule has 4 heteroatoms. The minimum Gasteiger partial charge on any atom is -0.310 e. The van der Waals surface area contributed by atoms with Crippen LogP contribution in [0, 0.1) is 6.92 Å². The standard InChI is InChI=1S/C11H14N2O.ClH/c1-9-4-2-3-5-10(9)13-7-6-12-8-11(13)14;/h2-5,12H,6-8H2,1H3;1H. The monoisotopic (exact) mass is 226 g/mol. The number of benzene rings is 1. The van der Waals surface area contributed by atoms with E-state index >= 15 is 0 Å². The van der Waals surface area contributed by atoms with Gasteiger partial charge in [-0.1, -0.05) is 18.2 Å². The highest BCUT2D eigenvalue weighted by Gasteiger charge is 2.19. The van der Waals surface area contributed by atoms with Crippen molar-refractivity contribution in [1.82, 2.24) is 5.32 Å². The highest BCUT2D eigenvalue weighted by Crippen LogP contribution is 2.19. The Labute approximate surface area is 95.9 Å². The van der Waals surface area contributed by atoms with Gasteiger partial charge in [0.1, 0.15) is 0 Å². The predicted molar refractivity (Wildman–Crippen MR) is 63.6 cm³/mol. The lowest BCUT2D eigenvalue weighted by Crippen LogP contribution is -2.48. The number of carbonyl (C=O) groups is 1. The number of piperazine rings is 1. The van der Waals surface area contributed by atoms with Crippen LogP contribution in [0.25, 0.3) is 0 Å². The normalized spacial score (nSPS) is 16.1. The zero-order valence-corrected chi connectivity index (χ0v) is 9.51. The van der Waals surface area contributed by atoms with E-state index in [2.05, 4.69) is 5.32 Å². The fraction of sp³-hybridized carbons (Fsp3) is 0.364. The summed E-state index contributed by atoms with van der Waals surface area (Å²) < 4.78 is 0. The van der Waals surface area contributed by atoms with Crippen LogP contribution in [-0.4, -0.2) is 25.5 Å². The van der Waals surface area contributed by atoms with Gasteiger partial charge >= 0.3 is 0 Å². The average molecular weight is 227 g/mol. The maximum atomic E-state index is 11.6. The molecule has 3 nitrogen and oxygen atoms in total. The summed E-state index contributed by atoms with van der Waals surface area (Å²) in [7, 11) is 0. The molecule has 1 N–H and O–H groups in total. The maximum absolute atomic E-state index is 11.6. The molecule has 2 rings (SSSR count). The molecule has 1 saturated heterocycles. The molecule has 1 aromatic carbocycles. The first-order valence-electron chi connectivity index (χ1n) is 4.86. The third-order valence-corrected chi connectivity index (χ3v) is 2.50. The molecule has 1 aromatic rings. The molecule has 0 aliphatic carbocycles. The van der Waals surface area contributed by atoms with Crippen molar-refractivity contribution in [2.45, 2.75) is 6.92 Å². The molecular formula is C11H15ClN2O. The second kappa shape index (κ2) is 5.14. The van der Waals surface area contributed by atoms with Gasteiger partial charge in [-0.05, 0) is 18.6 Å². The van der Waals surface area contributed by atoms with E-state index in [4.69, 9.17) is 0 Å². The summed E-state index contributed by atoms with van der Waals surface area (Å²) in [6, 6.07) is 7.99. The first kappa shape index (κ1) is 12.0. The largest absolute Gasteiger partial charge is 0.310 e. The Hall–Kier alpha value is -1.06. The number of amides is 1. The van der Waals surface area contributed by atoms with Crippen LogP contribution >= 0.6 is 12.4 Å². The quantitative estimate of drug-likeness (QED) is 0.784. The highest BCUT2D eigenvalue weighted by molar-refractivity contribution is 5.96. The predicted octanol–water partition coefficient (Wildman–Crippen LogP) is 1.35. The lowest BCUT2D eigenvalue weighted by molar-refractivity contribution is -0.118. The van der Waals surface area contributed by atoms with Crippen LogP contribution in [0.1, 0.15) is 5.56 Å². The van der Waals surface area contributed by atoms with Crippen LogP contribution in [0.15, 0.2) is 24.3 Å². The van der Waals surface area contributed by atoms with Crippen LogP contribution in [-0.2, 0) is 4.79 Å². The van der Waals surface area contributed by atoms with E-state index in [1.165, 1.54) is 0 Å². The van der Waals surface area contributed by atoms with Crippen LogP contribution in [0.3, 0.4) is 0 Å². The van der Waals surface area contributed by atoms with Crippen LogP contribution < -0.4 is 10.2 Å². The molecule has 1 fully saturated rings. The number of halogens is 1. The van der Waals surface area contributed by atoms with Crippen LogP contribution in [0.5, 0.6) is 0 Å². The molecule has 1 heterocycles. The van der Waals surface area contributed by atoms with E-state index in [0.717, 1.165) is 24.3 Å².